The number of carbonyl (C=O) groups excluding carboxylic acids is 3. The van der Waals surface area contributed by atoms with Crippen LogP contribution in [0.2, 0.25) is 0 Å². The van der Waals surface area contributed by atoms with Crippen LogP contribution in [0.5, 0.6) is 11.5 Å². The van der Waals surface area contributed by atoms with Crippen LogP contribution in [0.25, 0.3) is 10.9 Å². The number of nitrogen functional groups attached to an aromatic ring is 1. The number of primary amides is 1. The topological polar surface area (TPSA) is 163 Å². The van der Waals surface area contributed by atoms with Gasteiger partial charge in [-0.15, -0.1) is 0 Å². The summed E-state index contributed by atoms with van der Waals surface area (Å²) in [4.78, 5) is 46.3. The minimum Gasteiger partial charge on any atom is -0.454 e. The summed E-state index contributed by atoms with van der Waals surface area (Å²) in [5, 5.41) is 4.00. The van der Waals surface area contributed by atoms with Crippen molar-refractivity contribution in [3.63, 3.8) is 0 Å². The van der Waals surface area contributed by atoms with Crippen molar-refractivity contribution in [2.75, 3.05) is 17.4 Å². The summed E-state index contributed by atoms with van der Waals surface area (Å²) in [6.45, 7) is 0.0414. The van der Waals surface area contributed by atoms with Gasteiger partial charge in [0.05, 0.1) is 11.2 Å². The van der Waals surface area contributed by atoms with Gasteiger partial charge in [-0.25, -0.2) is 0 Å². The zero-order chi connectivity index (χ0) is 28.5. The summed E-state index contributed by atoms with van der Waals surface area (Å²) >= 11 is 0.759. The average molecular weight is 573 g/mol. The highest BCUT2D eigenvalue weighted by atomic mass is 32.1. The standard InChI is InChI=1S/C29H28N6O5S/c30-23-24(27(31)36)34-41-26(23)29(38)35(19-9-11-21-22(14-19)40-15-39-21)25(28(37)33-18-6-2-1-3-7-18)17-8-10-20-16(13-17)5-4-12-32-20/h4-5,8-14,18,25H,1-3,6-7,15,30H2,(H2,31,36)(H,33,37)/t25-/m1/s1. The molecule has 1 aliphatic carbocycles. The minimum atomic E-state index is -1.10. The number of carbonyl (C=O) groups is 3. The van der Waals surface area contributed by atoms with Crippen molar-refractivity contribution in [1.29, 1.82) is 0 Å². The molecule has 3 amide bonds. The molecular formula is C29H28N6O5S. The fourth-order valence-corrected chi connectivity index (χ4v) is 6.11. The van der Waals surface area contributed by atoms with Crippen molar-refractivity contribution in [1.82, 2.24) is 14.7 Å². The summed E-state index contributed by atoms with van der Waals surface area (Å²) in [6.07, 6.45) is 6.59. The number of ether oxygens (including phenoxy) is 2. The molecule has 2 aliphatic rings. The molecule has 6 rings (SSSR count). The second-order valence-corrected chi connectivity index (χ2v) is 10.8. The van der Waals surface area contributed by atoms with Gasteiger partial charge in [-0.05, 0) is 60.3 Å². The second-order valence-electron chi connectivity index (χ2n) is 10.1. The maximum atomic E-state index is 14.4. The number of benzene rings is 2. The van der Waals surface area contributed by atoms with E-state index in [1.165, 1.54) is 4.90 Å². The highest BCUT2D eigenvalue weighted by molar-refractivity contribution is 7.09. The predicted octanol–water partition coefficient (Wildman–Crippen LogP) is 3.94. The number of fused-ring (bicyclic) bond motifs is 2. The van der Waals surface area contributed by atoms with Crippen molar-refractivity contribution in [2.45, 2.75) is 44.2 Å². The van der Waals surface area contributed by atoms with Gasteiger partial charge in [-0.3, -0.25) is 24.3 Å². The molecule has 11 nitrogen and oxygen atoms in total. The summed E-state index contributed by atoms with van der Waals surface area (Å²) in [7, 11) is 0. The van der Waals surface area contributed by atoms with E-state index in [4.69, 9.17) is 20.9 Å². The van der Waals surface area contributed by atoms with E-state index in [2.05, 4.69) is 14.7 Å². The molecule has 2 aromatic carbocycles. The van der Waals surface area contributed by atoms with Crippen LogP contribution in [-0.2, 0) is 4.79 Å². The highest BCUT2D eigenvalue weighted by Gasteiger charge is 2.37. The summed E-state index contributed by atoms with van der Waals surface area (Å²) < 4.78 is 15.1. The molecule has 12 heteroatoms. The van der Waals surface area contributed by atoms with E-state index in [1.807, 2.05) is 24.3 Å². The zero-order valence-electron chi connectivity index (χ0n) is 22.0. The summed E-state index contributed by atoms with van der Waals surface area (Å²) in [6, 6.07) is 13.1. The van der Waals surface area contributed by atoms with E-state index in [9.17, 15) is 14.4 Å². The summed E-state index contributed by atoms with van der Waals surface area (Å²) in [5.41, 5.74) is 13.0. The Balaban J connectivity index is 1.51. The first-order valence-corrected chi connectivity index (χ1v) is 14.1. The van der Waals surface area contributed by atoms with Crippen molar-refractivity contribution in [3.8, 4) is 11.5 Å². The number of amides is 3. The second kappa shape index (κ2) is 11.0. The molecule has 2 aromatic heterocycles. The first-order valence-electron chi connectivity index (χ1n) is 13.3. The Bertz CT molecular complexity index is 1650. The molecule has 0 saturated heterocycles. The van der Waals surface area contributed by atoms with Crippen LogP contribution in [0.15, 0.2) is 54.7 Å². The fourth-order valence-electron chi connectivity index (χ4n) is 5.37. The monoisotopic (exact) mass is 572 g/mol. The van der Waals surface area contributed by atoms with Crippen molar-refractivity contribution >= 4 is 51.5 Å². The average Bonchev–Trinajstić information content (AvgIpc) is 3.61. The van der Waals surface area contributed by atoms with Gasteiger partial charge in [0, 0.05) is 29.4 Å². The lowest BCUT2D eigenvalue weighted by Crippen LogP contribution is -2.47. The van der Waals surface area contributed by atoms with Gasteiger partial charge in [0.1, 0.15) is 10.9 Å². The Morgan fingerprint density at radius 3 is 2.61 bits per heavy atom. The molecule has 0 unspecified atom stereocenters. The van der Waals surface area contributed by atoms with E-state index in [1.54, 1.807) is 30.5 Å². The SMILES string of the molecule is NC(=O)c1nsc(C(=O)N(c2ccc3c(c2)OCO3)[C@@H](C(=O)NC2CCCCC2)c2ccc3ncccc3c2)c1N. The van der Waals surface area contributed by atoms with Gasteiger partial charge in [-0.2, -0.15) is 4.37 Å². The van der Waals surface area contributed by atoms with E-state index >= 15 is 0 Å². The maximum absolute atomic E-state index is 14.4. The lowest BCUT2D eigenvalue weighted by molar-refractivity contribution is -0.123. The number of aromatic nitrogens is 2. The molecule has 1 saturated carbocycles. The Kier molecular flexibility index (Phi) is 7.14. The number of nitrogens with one attached hydrogen (secondary N) is 1. The quantitative estimate of drug-likeness (QED) is 0.300. The zero-order valence-corrected chi connectivity index (χ0v) is 22.9. The molecule has 4 aromatic rings. The number of hydrogen-bond acceptors (Lipinski definition) is 9. The lowest BCUT2D eigenvalue weighted by Gasteiger charge is -2.33. The van der Waals surface area contributed by atoms with Crippen LogP contribution in [0, 0.1) is 0 Å². The molecule has 0 radical (unpaired) electrons. The minimum absolute atomic E-state index is 0.00520. The van der Waals surface area contributed by atoms with Crippen molar-refractivity contribution in [3.05, 3.63) is 70.9 Å². The molecular weight excluding hydrogens is 544 g/mol. The third-order valence-electron chi connectivity index (χ3n) is 7.41. The van der Waals surface area contributed by atoms with Gasteiger partial charge < -0.3 is 26.3 Å². The molecule has 5 N–H and O–H groups in total. The van der Waals surface area contributed by atoms with Gasteiger partial charge in [0.25, 0.3) is 11.8 Å². The molecule has 1 aliphatic heterocycles. The maximum Gasteiger partial charge on any atom is 0.273 e. The largest absolute Gasteiger partial charge is 0.454 e. The molecule has 0 spiro atoms. The van der Waals surface area contributed by atoms with E-state index < -0.39 is 17.9 Å². The first-order chi connectivity index (χ1) is 19.9. The predicted molar refractivity (Wildman–Crippen MR) is 154 cm³/mol. The molecule has 1 atom stereocenters. The molecule has 1 fully saturated rings. The van der Waals surface area contributed by atoms with Crippen molar-refractivity contribution < 1.29 is 23.9 Å². The van der Waals surface area contributed by atoms with Crippen LogP contribution in [-0.4, -0.2) is 39.9 Å². The Morgan fingerprint density at radius 1 is 1.02 bits per heavy atom. The third kappa shape index (κ3) is 5.13. The normalized spacial score (nSPS) is 15.4. The number of anilines is 2. The van der Waals surface area contributed by atoms with Gasteiger partial charge in [0.15, 0.2) is 17.2 Å². The molecule has 0 bridgehead atoms. The third-order valence-corrected chi connectivity index (χ3v) is 8.26. The van der Waals surface area contributed by atoms with Crippen molar-refractivity contribution in [2.24, 2.45) is 5.73 Å². The number of hydrogen-bond donors (Lipinski definition) is 3. The fraction of sp³-hybridized carbons (Fsp3) is 0.276. The Hall–Kier alpha value is -4.71. The smallest absolute Gasteiger partial charge is 0.273 e. The van der Waals surface area contributed by atoms with Crippen LogP contribution >= 0.6 is 11.5 Å². The molecule has 210 valence electrons. The van der Waals surface area contributed by atoms with Gasteiger partial charge in [0.2, 0.25) is 12.7 Å². The number of rotatable bonds is 7. The van der Waals surface area contributed by atoms with E-state index in [-0.39, 0.29) is 35.0 Å². The van der Waals surface area contributed by atoms with E-state index in [0.717, 1.165) is 54.5 Å². The number of pyridine rings is 1. The first kappa shape index (κ1) is 26.5. The van der Waals surface area contributed by atoms with Gasteiger partial charge >= 0.3 is 0 Å². The van der Waals surface area contributed by atoms with E-state index in [0.29, 0.717) is 22.7 Å². The number of nitrogens with zero attached hydrogens (tertiary/aromatic N) is 3. The van der Waals surface area contributed by atoms with Crippen LogP contribution in [0.4, 0.5) is 11.4 Å². The highest BCUT2D eigenvalue weighted by Crippen LogP contribution is 2.40. The van der Waals surface area contributed by atoms with Gasteiger partial charge in [-0.1, -0.05) is 31.4 Å². The number of nitrogens with two attached hydrogens (primary N) is 2. The Morgan fingerprint density at radius 2 is 1.83 bits per heavy atom. The van der Waals surface area contributed by atoms with Crippen LogP contribution in [0.3, 0.4) is 0 Å². The van der Waals surface area contributed by atoms with Crippen LogP contribution < -0.4 is 31.2 Å². The molecule has 3 heterocycles. The molecule has 41 heavy (non-hydrogen) atoms. The van der Waals surface area contributed by atoms with Crippen LogP contribution in [0.1, 0.15) is 63.9 Å². The Labute approximate surface area is 239 Å². The lowest BCUT2D eigenvalue weighted by atomic mass is 9.94. The summed E-state index contributed by atoms with van der Waals surface area (Å²) in [5.74, 6) is -0.842.